The van der Waals surface area contributed by atoms with Crippen molar-refractivity contribution in [2.75, 3.05) is 13.1 Å². The van der Waals surface area contributed by atoms with E-state index in [1.807, 2.05) is 0 Å². The molecule has 2 rings (SSSR count). The van der Waals surface area contributed by atoms with E-state index in [0.717, 1.165) is 18.2 Å². The number of carbonyl (C=O) groups is 1. The Morgan fingerprint density at radius 2 is 2.18 bits per heavy atom. The summed E-state index contributed by atoms with van der Waals surface area (Å²) in [5.41, 5.74) is 4.91. The van der Waals surface area contributed by atoms with E-state index in [2.05, 4.69) is 0 Å². The second kappa shape index (κ2) is 4.10. The molecule has 17 heavy (non-hydrogen) atoms. The van der Waals surface area contributed by atoms with Crippen molar-refractivity contribution in [1.82, 2.24) is 4.90 Å². The average molecular weight is 239 g/mol. The third-order valence-corrected chi connectivity index (χ3v) is 2.59. The predicted octanol–water partition coefficient (Wildman–Crippen LogP) is 0.517. The van der Waals surface area contributed by atoms with Gasteiger partial charge in [0.15, 0.2) is 0 Å². The van der Waals surface area contributed by atoms with Crippen LogP contribution in [-0.2, 0) is 0 Å². The minimum Gasteiger partial charge on any atom is -0.335 e. The van der Waals surface area contributed by atoms with Gasteiger partial charge < -0.3 is 10.6 Å². The largest absolute Gasteiger partial charge is 0.335 e. The fourth-order valence-electron chi connectivity index (χ4n) is 1.64. The number of rotatable bonds is 2. The molecule has 1 aliphatic rings. The fourth-order valence-corrected chi connectivity index (χ4v) is 1.64. The summed E-state index contributed by atoms with van der Waals surface area (Å²) in [7, 11) is 0. The van der Waals surface area contributed by atoms with E-state index in [4.69, 9.17) is 5.73 Å². The van der Waals surface area contributed by atoms with Gasteiger partial charge in [0, 0.05) is 31.3 Å². The van der Waals surface area contributed by atoms with E-state index >= 15 is 0 Å². The highest BCUT2D eigenvalue weighted by atomic mass is 19.1. The number of hydrogen-bond donors (Lipinski definition) is 1. The highest BCUT2D eigenvalue weighted by Gasteiger charge is 2.30. The first kappa shape index (κ1) is 11.5. The fraction of sp³-hybridized carbons (Fsp3) is 0.300. The summed E-state index contributed by atoms with van der Waals surface area (Å²) >= 11 is 0. The Balaban J connectivity index is 2.27. The van der Waals surface area contributed by atoms with Crippen LogP contribution in [0.15, 0.2) is 18.2 Å². The number of non-ortho nitro benzene ring substituents is 1. The van der Waals surface area contributed by atoms with Crippen molar-refractivity contribution in [1.29, 1.82) is 0 Å². The summed E-state index contributed by atoms with van der Waals surface area (Å²) in [6.45, 7) is 0.696. The van der Waals surface area contributed by atoms with E-state index < -0.39 is 16.6 Å². The topological polar surface area (TPSA) is 89.5 Å². The van der Waals surface area contributed by atoms with Gasteiger partial charge in [-0.25, -0.2) is 4.39 Å². The number of benzene rings is 1. The van der Waals surface area contributed by atoms with Gasteiger partial charge in [-0.3, -0.25) is 14.9 Å². The van der Waals surface area contributed by atoms with Gasteiger partial charge in [0.1, 0.15) is 5.82 Å². The molecule has 0 aromatic heterocycles. The Bertz CT molecular complexity index is 486. The van der Waals surface area contributed by atoms with E-state index in [1.165, 1.54) is 4.90 Å². The molecule has 0 saturated carbocycles. The third-order valence-electron chi connectivity index (χ3n) is 2.59. The standard InChI is InChI=1S/C10H10FN3O3/c11-9-2-1-7(14(16)17)3-8(9)10(15)13-4-6(12)5-13/h1-3,6H,4-5,12H2. The molecular weight excluding hydrogens is 229 g/mol. The number of nitrogens with two attached hydrogens (primary N) is 1. The minimum absolute atomic E-state index is 0.0966. The Labute approximate surface area is 96.0 Å². The zero-order valence-corrected chi connectivity index (χ0v) is 8.80. The quantitative estimate of drug-likeness (QED) is 0.601. The lowest BCUT2D eigenvalue weighted by Crippen LogP contribution is -2.57. The van der Waals surface area contributed by atoms with Crippen molar-refractivity contribution < 1.29 is 14.1 Å². The summed E-state index contributed by atoms with van der Waals surface area (Å²) < 4.78 is 13.4. The number of nitro benzene ring substituents is 1. The molecular formula is C10H10FN3O3. The van der Waals surface area contributed by atoms with Gasteiger partial charge in [0.2, 0.25) is 0 Å². The maximum atomic E-state index is 13.4. The molecule has 0 aliphatic carbocycles. The van der Waals surface area contributed by atoms with Gasteiger partial charge in [-0.05, 0) is 6.07 Å². The molecule has 0 radical (unpaired) electrons. The third kappa shape index (κ3) is 2.09. The van der Waals surface area contributed by atoms with Crippen LogP contribution in [0.4, 0.5) is 10.1 Å². The number of halogens is 1. The lowest BCUT2D eigenvalue weighted by molar-refractivity contribution is -0.384. The first-order valence-corrected chi connectivity index (χ1v) is 4.98. The predicted molar refractivity (Wildman–Crippen MR) is 56.9 cm³/mol. The second-order valence-corrected chi connectivity index (χ2v) is 3.89. The molecule has 90 valence electrons. The molecule has 1 amide bonds. The summed E-state index contributed by atoms with van der Waals surface area (Å²) in [4.78, 5) is 23.0. The molecule has 1 fully saturated rings. The Morgan fingerprint density at radius 1 is 1.53 bits per heavy atom. The van der Waals surface area contributed by atoms with Gasteiger partial charge in [-0.1, -0.05) is 0 Å². The van der Waals surface area contributed by atoms with Crippen molar-refractivity contribution >= 4 is 11.6 Å². The van der Waals surface area contributed by atoms with E-state index in [1.54, 1.807) is 0 Å². The summed E-state index contributed by atoms with van der Waals surface area (Å²) in [5, 5.41) is 10.5. The SMILES string of the molecule is NC1CN(C(=O)c2cc([N+](=O)[O-])ccc2F)C1. The monoisotopic (exact) mass is 239 g/mol. The van der Waals surface area contributed by atoms with E-state index in [-0.39, 0.29) is 17.3 Å². The van der Waals surface area contributed by atoms with Gasteiger partial charge in [0.05, 0.1) is 10.5 Å². The highest BCUT2D eigenvalue weighted by Crippen LogP contribution is 2.20. The molecule has 1 heterocycles. The molecule has 1 aliphatic heterocycles. The van der Waals surface area contributed by atoms with Crippen molar-refractivity contribution in [3.05, 3.63) is 39.7 Å². The van der Waals surface area contributed by atoms with Crippen LogP contribution in [0, 0.1) is 15.9 Å². The summed E-state index contributed by atoms with van der Waals surface area (Å²) in [6, 6.07) is 2.79. The van der Waals surface area contributed by atoms with Gasteiger partial charge in [-0.15, -0.1) is 0 Å². The Morgan fingerprint density at radius 3 is 2.71 bits per heavy atom. The number of hydrogen-bond acceptors (Lipinski definition) is 4. The molecule has 0 atom stereocenters. The van der Waals surface area contributed by atoms with Crippen molar-refractivity contribution in [3.8, 4) is 0 Å². The minimum atomic E-state index is -0.763. The van der Waals surface area contributed by atoms with Crippen molar-refractivity contribution in [3.63, 3.8) is 0 Å². The first-order chi connectivity index (χ1) is 7.99. The smallest absolute Gasteiger partial charge is 0.270 e. The second-order valence-electron chi connectivity index (χ2n) is 3.89. The highest BCUT2D eigenvalue weighted by molar-refractivity contribution is 5.95. The first-order valence-electron chi connectivity index (χ1n) is 4.98. The van der Waals surface area contributed by atoms with Crippen molar-refractivity contribution in [2.45, 2.75) is 6.04 Å². The number of likely N-dealkylation sites (tertiary alicyclic amines) is 1. The summed E-state index contributed by atoms with van der Waals surface area (Å²) in [5.74, 6) is -1.33. The van der Waals surface area contributed by atoms with Crippen LogP contribution in [0.3, 0.4) is 0 Å². The molecule has 0 bridgehead atoms. The van der Waals surface area contributed by atoms with Gasteiger partial charge in [-0.2, -0.15) is 0 Å². The van der Waals surface area contributed by atoms with Crippen LogP contribution in [-0.4, -0.2) is 34.9 Å². The van der Waals surface area contributed by atoms with Crippen LogP contribution >= 0.6 is 0 Å². The Kier molecular flexibility index (Phi) is 2.76. The van der Waals surface area contributed by atoms with Gasteiger partial charge >= 0.3 is 0 Å². The maximum Gasteiger partial charge on any atom is 0.270 e. The molecule has 0 spiro atoms. The number of amides is 1. The molecule has 6 nitrogen and oxygen atoms in total. The van der Waals surface area contributed by atoms with Crippen molar-refractivity contribution in [2.24, 2.45) is 5.73 Å². The van der Waals surface area contributed by atoms with E-state index in [0.29, 0.717) is 13.1 Å². The lowest BCUT2D eigenvalue weighted by Gasteiger charge is -2.36. The normalized spacial score (nSPS) is 15.5. The van der Waals surface area contributed by atoms with Crippen LogP contribution in [0.25, 0.3) is 0 Å². The van der Waals surface area contributed by atoms with Crippen LogP contribution < -0.4 is 5.73 Å². The molecule has 0 unspecified atom stereocenters. The van der Waals surface area contributed by atoms with Crippen LogP contribution in [0.1, 0.15) is 10.4 Å². The van der Waals surface area contributed by atoms with E-state index in [9.17, 15) is 19.3 Å². The average Bonchev–Trinajstić information content (AvgIpc) is 2.24. The molecule has 2 N–H and O–H groups in total. The van der Waals surface area contributed by atoms with Gasteiger partial charge in [0.25, 0.3) is 11.6 Å². The molecule has 7 heteroatoms. The number of carbonyl (C=O) groups excluding carboxylic acids is 1. The number of nitro groups is 1. The lowest BCUT2D eigenvalue weighted by atomic mass is 10.1. The number of nitrogens with zero attached hydrogens (tertiary/aromatic N) is 2. The zero-order valence-electron chi connectivity index (χ0n) is 8.80. The summed E-state index contributed by atoms with van der Waals surface area (Å²) in [6.07, 6.45) is 0. The Hall–Kier alpha value is -2.02. The maximum absolute atomic E-state index is 13.4. The van der Waals surface area contributed by atoms with Crippen LogP contribution in [0.5, 0.6) is 0 Å². The molecule has 1 aromatic carbocycles. The zero-order chi connectivity index (χ0) is 12.6. The molecule has 1 saturated heterocycles. The van der Waals surface area contributed by atoms with Crippen LogP contribution in [0.2, 0.25) is 0 Å². The molecule has 1 aromatic rings.